The van der Waals surface area contributed by atoms with Gasteiger partial charge in [-0.3, -0.25) is 4.79 Å². The standard InChI is InChI=1S/C26H41ClN3O5.C2HF3O2/c1-5-29-23-17-21(28(10-12-31)11-13-32)20(27)16-22(23)30(18-19-8-14-34-15-9-19)24(29)6-7-25(33)35-26(2,3)4;3-2(4,5)1(6)7/h16-17,19,31-32H,5-15,18H2,1-4H3;(H,6,7)/q+1;/p-1. The van der Waals surface area contributed by atoms with Crippen LogP contribution in [0.25, 0.3) is 11.0 Å². The van der Waals surface area contributed by atoms with Crippen molar-refractivity contribution in [3.05, 3.63) is 23.0 Å². The van der Waals surface area contributed by atoms with Gasteiger partial charge in [0.2, 0.25) is 0 Å². The maximum atomic E-state index is 12.6. The van der Waals surface area contributed by atoms with Crippen LogP contribution in [0.4, 0.5) is 18.9 Å². The first kappa shape index (κ1) is 35.6. The molecule has 42 heavy (non-hydrogen) atoms. The van der Waals surface area contributed by atoms with Crippen LogP contribution in [0.5, 0.6) is 0 Å². The lowest BCUT2D eigenvalue weighted by Crippen LogP contribution is -2.43. The number of aromatic nitrogens is 2. The predicted molar refractivity (Wildman–Crippen MR) is 148 cm³/mol. The van der Waals surface area contributed by atoms with Crippen LogP contribution in [0.2, 0.25) is 5.02 Å². The van der Waals surface area contributed by atoms with E-state index in [0.29, 0.717) is 36.9 Å². The van der Waals surface area contributed by atoms with Gasteiger partial charge >= 0.3 is 12.1 Å². The summed E-state index contributed by atoms with van der Waals surface area (Å²) in [5.41, 5.74) is 2.32. The Kier molecular flexibility index (Phi) is 13.3. The van der Waals surface area contributed by atoms with Crippen molar-refractivity contribution in [2.45, 2.75) is 78.2 Å². The van der Waals surface area contributed by atoms with Crippen molar-refractivity contribution in [3.63, 3.8) is 0 Å². The Balaban J connectivity index is 0.000000782. The number of nitrogens with zero attached hydrogens (tertiary/aromatic N) is 3. The molecule has 10 nitrogen and oxygen atoms in total. The van der Waals surface area contributed by atoms with Crippen LogP contribution < -0.4 is 14.6 Å². The van der Waals surface area contributed by atoms with E-state index in [1.807, 2.05) is 37.8 Å². The maximum Gasteiger partial charge on any atom is 0.430 e. The molecule has 238 valence electrons. The van der Waals surface area contributed by atoms with Gasteiger partial charge in [-0.15, -0.1) is 0 Å². The monoisotopic (exact) mass is 623 g/mol. The van der Waals surface area contributed by atoms with Gasteiger partial charge in [0.1, 0.15) is 11.6 Å². The van der Waals surface area contributed by atoms with Crippen LogP contribution in [0.15, 0.2) is 12.1 Å². The summed E-state index contributed by atoms with van der Waals surface area (Å²) in [5, 5.41) is 28.4. The molecular weight excluding hydrogens is 583 g/mol. The zero-order valence-electron chi connectivity index (χ0n) is 24.5. The van der Waals surface area contributed by atoms with Gasteiger partial charge < -0.3 is 34.5 Å². The van der Waals surface area contributed by atoms with E-state index in [0.717, 1.165) is 61.7 Å². The van der Waals surface area contributed by atoms with Gasteiger partial charge in [0.05, 0.1) is 49.9 Å². The van der Waals surface area contributed by atoms with Crippen LogP contribution in [-0.4, -0.2) is 78.0 Å². The molecule has 2 aromatic rings. The molecule has 0 spiro atoms. The second kappa shape index (κ2) is 15.7. The molecule has 0 aliphatic carbocycles. The number of imidazole rings is 1. The minimum Gasteiger partial charge on any atom is -0.542 e. The molecule has 0 saturated carbocycles. The number of hydrogen-bond donors (Lipinski definition) is 2. The van der Waals surface area contributed by atoms with Gasteiger partial charge in [-0.1, -0.05) is 11.6 Å². The topological polar surface area (TPSA) is 128 Å². The minimum atomic E-state index is -5.19. The molecule has 2 heterocycles. The summed E-state index contributed by atoms with van der Waals surface area (Å²) < 4.78 is 47.3. The van der Waals surface area contributed by atoms with E-state index in [2.05, 4.69) is 16.1 Å². The zero-order valence-corrected chi connectivity index (χ0v) is 25.3. The molecule has 14 heteroatoms. The number of carboxylic acid groups (broad SMARTS) is 1. The number of esters is 1. The molecule has 1 saturated heterocycles. The lowest BCUT2D eigenvalue weighted by molar-refractivity contribution is -0.687. The summed E-state index contributed by atoms with van der Waals surface area (Å²) in [6, 6.07) is 4.03. The fourth-order valence-electron chi connectivity index (χ4n) is 4.85. The summed E-state index contributed by atoms with van der Waals surface area (Å²) in [6.07, 6.45) is -2.33. The highest BCUT2D eigenvalue weighted by molar-refractivity contribution is 6.34. The van der Waals surface area contributed by atoms with Crippen LogP contribution in [0, 0.1) is 5.92 Å². The smallest absolute Gasteiger partial charge is 0.430 e. The third-order valence-corrected chi connectivity index (χ3v) is 6.93. The number of alkyl halides is 3. The molecular formula is C28H41ClF3N3O7. The molecule has 0 amide bonds. The van der Waals surface area contributed by atoms with Gasteiger partial charge in [0, 0.05) is 44.4 Å². The van der Waals surface area contributed by atoms with Gasteiger partial charge in [-0.05, 0) is 40.5 Å². The molecule has 3 rings (SSSR count). The van der Waals surface area contributed by atoms with Crippen molar-refractivity contribution in [1.29, 1.82) is 0 Å². The third kappa shape index (κ3) is 10.3. The molecule has 1 aromatic heterocycles. The highest BCUT2D eigenvalue weighted by atomic mass is 35.5. The Hall–Kier alpha value is -2.61. The predicted octanol–water partition coefficient (Wildman–Crippen LogP) is 2.39. The number of anilines is 1. The highest BCUT2D eigenvalue weighted by Gasteiger charge is 2.30. The van der Waals surface area contributed by atoms with Crippen LogP contribution in [-0.2, 0) is 38.6 Å². The first-order valence-electron chi connectivity index (χ1n) is 13.9. The van der Waals surface area contributed by atoms with E-state index < -0.39 is 17.7 Å². The Bertz CT molecular complexity index is 1190. The lowest BCUT2D eigenvalue weighted by Gasteiger charge is -2.24. The number of carboxylic acids is 1. The quantitative estimate of drug-likeness (QED) is 0.289. The maximum absolute atomic E-state index is 12.6. The minimum absolute atomic E-state index is 0.0337. The van der Waals surface area contributed by atoms with Crippen LogP contribution in [0.3, 0.4) is 0 Å². The average molecular weight is 624 g/mol. The Morgan fingerprint density at radius 3 is 2.21 bits per heavy atom. The van der Waals surface area contributed by atoms with Gasteiger partial charge in [0.15, 0.2) is 11.0 Å². The number of rotatable bonds is 11. The number of fused-ring (bicyclic) bond motifs is 1. The van der Waals surface area contributed by atoms with Gasteiger partial charge in [-0.2, -0.15) is 13.2 Å². The molecule has 1 fully saturated rings. The van der Waals surface area contributed by atoms with Crippen molar-refractivity contribution < 1.29 is 52.1 Å². The molecule has 1 aromatic carbocycles. The molecule has 1 aliphatic rings. The van der Waals surface area contributed by atoms with E-state index in [4.69, 9.17) is 31.0 Å². The number of carbonyl (C=O) groups is 2. The SMILES string of the molecule is CCn1c(CCC(=O)OC(C)(C)C)[n+](CC2CCOCC2)c2cc(Cl)c(N(CCO)CCO)cc21.O=C([O-])C(F)(F)F. The van der Waals surface area contributed by atoms with E-state index >= 15 is 0 Å². The Morgan fingerprint density at radius 2 is 1.74 bits per heavy atom. The van der Waals surface area contributed by atoms with Crippen LogP contribution in [0.1, 0.15) is 52.8 Å². The number of hydrogen-bond acceptors (Lipinski definition) is 8. The van der Waals surface area contributed by atoms with E-state index in [9.17, 15) is 28.2 Å². The third-order valence-electron chi connectivity index (χ3n) is 6.63. The number of aryl methyl sites for hydroxylation is 1. The number of ether oxygens (including phenoxy) is 2. The number of carbonyl (C=O) groups excluding carboxylic acids is 2. The zero-order chi connectivity index (χ0) is 31.7. The second-order valence-corrected chi connectivity index (χ2v) is 11.3. The summed E-state index contributed by atoms with van der Waals surface area (Å²) >= 11 is 6.77. The molecule has 0 unspecified atom stereocenters. The summed E-state index contributed by atoms with van der Waals surface area (Å²) in [5.74, 6) is -1.65. The summed E-state index contributed by atoms with van der Waals surface area (Å²) in [7, 11) is 0. The molecule has 0 bridgehead atoms. The number of aliphatic hydroxyl groups is 2. The summed E-state index contributed by atoms with van der Waals surface area (Å²) in [6.45, 7) is 11.6. The molecule has 2 N–H and O–H groups in total. The van der Waals surface area contributed by atoms with E-state index in [-0.39, 0.29) is 19.2 Å². The molecule has 0 atom stereocenters. The van der Waals surface area contributed by atoms with Crippen LogP contribution >= 0.6 is 11.6 Å². The van der Waals surface area contributed by atoms with Gasteiger partial charge in [0.25, 0.3) is 5.82 Å². The fraction of sp³-hybridized carbons (Fsp3) is 0.679. The largest absolute Gasteiger partial charge is 0.542 e. The number of halogens is 4. The first-order chi connectivity index (χ1) is 19.6. The Morgan fingerprint density at radius 1 is 1.17 bits per heavy atom. The lowest BCUT2D eigenvalue weighted by atomic mass is 10.00. The van der Waals surface area contributed by atoms with E-state index in [1.165, 1.54) is 0 Å². The normalized spacial score (nSPS) is 14.4. The molecule has 1 aliphatic heterocycles. The van der Waals surface area contributed by atoms with Crippen molar-refractivity contribution >= 4 is 40.3 Å². The van der Waals surface area contributed by atoms with Crippen molar-refractivity contribution in [1.82, 2.24) is 4.57 Å². The fourth-order valence-corrected chi connectivity index (χ4v) is 5.13. The average Bonchev–Trinajstić information content (AvgIpc) is 3.17. The van der Waals surface area contributed by atoms with E-state index in [1.54, 1.807) is 0 Å². The number of benzene rings is 1. The van der Waals surface area contributed by atoms with Crippen molar-refractivity contribution in [3.8, 4) is 0 Å². The first-order valence-corrected chi connectivity index (χ1v) is 14.3. The molecule has 0 radical (unpaired) electrons. The summed E-state index contributed by atoms with van der Waals surface area (Å²) in [4.78, 5) is 23.2. The second-order valence-electron chi connectivity index (χ2n) is 10.9. The van der Waals surface area contributed by atoms with Crippen molar-refractivity contribution in [2.24, 2.45) is 5.92 Å². The number of aliphatic hydroxyl groups excluding tert-OH is 2. The highest BCUT2D eigenvalue weighted by Crippen LogP contribution is 2.32. The Labute approximate surface area is 248 Å². The van der Waals surface area contributed by atoms with Gasteiger partial charge in [-0.25, -0.2) is 9.13 Å². The number of aliphatic carboxylic acids is 1. The van der Waals surface area contributed by atoms with Crippen molar-refractivity contribution in [2.75, 3.05) is 44.4 Å².